The lowest BCUT2D eigenvalue weighted by atomic mass is 10.0. The average Bonchev–Trinajstić information content (AvgIpc) is 3.00. The van der Waals surface area contributed by atoms with Gasteiger partial charge in [0.05, 0.1) is 5.52 Å². The van der Waals surface area contributed by atoms with Crippen LogP contribution in [-0.2, 0) is 4.79 Å². The molecule has 4 aromatic rings. The Balaban J connectivity index is 1.81. The van der Waals surface area contributed by atoms with E-state index in [0.717, 1.165) is 22.0 Å². The highest BCUT2D eigenvalue weighted by Crippen LogP contribution is 2.29. The molecule has 26 heavy (non-hydrogen) atoms. The number of carbonyl (C=O) groups excluding carboxylic acids is 1. The maximum Gasteiger partial charge on any atom is 0.292 e. The van der Waals surface area contributed by atoms with Gasteiger partial charge in [0.1, 0.15) is 23.7 Å². The predicted octanol–water partition coefficient (Wildman–Crippen LogP) is 2.31. The van der Waals surface area contributed by atoms with Crippen LogP contribution in [0.15, 0.2) is 47.1 Å². The summed E-state index contributed by atoms with van der Waals surface area (Å²) >= 11 is 0. The number of amides is 1. The van der Waals surface area contributed by atoms with Gasteiger partial charge in [-0.05, 0) is 42.3 Å². The molecule has 1 unspecified atom stereocenters. The van der Waals surface area contributed by atoms with E-state index in [1.807, 2.05) is 36.4 Å². The highest BCUT2D eigenvalue weighted by molar-refractivity contribution is 5.95. The first-order chi connectivity index (χ1) is 12.5. The molecule has 4 rings (SSSR count). The van der Waals surface area contributed by atoms with Gasteiger partial charge in [-0.15, -0.1) is 0 Å². The Morgan fingerprint density at radius 1 is 1.12 bits per heavy atom. The number of rotatable bonds is 4. The van der Waals surface area contributed by atoms with Gasteiger partial charge in [0.25, 0.3) is 6.01 Å². The number of oxazole rings is 1. The molecule has 0 saturated heterocycles. The van der Waals surface area contributed by atoms with Gasteiger partial charge in [0.2, 0.25) is 5.91 Å². The lowest BCUT2D eigenvalue weighted by Gasteiger charge is -2.13. The largest absolute Gasteiger partial charge is 0.424 e. The number of nitrogens with two attached hydrogens (primary N) is 2. The summed E-state index contributed by atoms with van der Waals surface area (Å²) in [6.45, 7) is 1.68. The van der Waals surface area contributed by atoms with Crippen LogP contribution in [0.4, 0.5) is 11.8 Å². The number of hydrogen-bond donors (Lipinski definition) is 3. The highest BCUT2D eigenvalue weighted by atomic mass is 16.4. The Morgan fingerprint density at radius 2 is 1.88 bits per heavy atom. The van der Waals surface area contributed by atoms with Gasteiger partial charge in [0, 0.05) is 5.39 Å². The zero-order chi connectivity index (χ0) is 18.3. The SMILES string of the molecule is CC(Nc1ncnc2ccc(-c3ccc4oc(N)nc4c3)cc12)C(N)=O. The molecule has 0 radical (unpaired) electrons. The van der Waals surface area contributed by atoms with E-state index in [4.69, 9.17) is 15.9 Å². The smallest absolute Gasteiger partial charge is 0.292 e. The molecule has 8 heteroatoms. The Hall–Kier alpha value is -3.68. The van der Waals surface area contributed by atoms with Crippen molar-refractivity contribution >= 4 is 39.7 Å². The molecule has 0 bridgehead atoms. The highest BCUT2D eigenvalue weighted by Gasteiger charge is 2.13. The van der Waals surface area contributed by atoms with Gasteiger partial charge in [-0.3, -0.25) is 4.79 Å². The fourth-order valence-corrected chi connectivity index (χ4v) is 2.75. The normalized spacial score (nSPS) is 12.3. The first-order valence-electron chi connectivity index (χ1n) is 7.98. The average molecular weight is 348 g/mol. The summed E-state index contributed by atoms with van der Waals surface area (Å²) in [4.78, 5) is 24.0. The van der Waals surface area contributed by atoms with E-state index in [2.05, 4.69) is 20.3 Å². The van der Waals surface area contributed by atoms with Gasteiger partial charge in [-0.2, -0.15) is 4.98 Å². The van der Waals surface area contributed by atoms with Crippen molar-refractivity contribution < 1.29 is 9.21 Å². The van der Waals surface area contributed by atoms with Gasteiger partial charge in [0.15, 0.2) is 5.58 Å². The number of hydrogen-bond acceptors (Lipinski definition) is 7. The van der Waals surface area contributed by atoms with E-state index in [-0.39, 0.29) is 6.01 Å². The van der Waals surface area contributed by atoms with Crippen molar-refractivity contribution in [2.45, 2.75) is 13.0 Å². The van der Waals surface area contributed by atoms with Gasteiger partial charge in [-0.1, -0.05) is 12.1 Å². The lowest BCUT2D eigenvalue weighted by Crippen LogP contribution is -2.32. The van der Waals surface area contributed by atoms with Crippen LogP contribution < -0.4 is 16.8 Å². The first-order valence-corrected chi connectivity index (χ1v) is 7.98. The molecular formula is C18H16N6O2. The predicted molar refractivity (Wildman–Crippen MR) is 99.2 cm³/mol. The third-order valence-electron chi connectivity index (χ3n) is 4.15. The molecule has 1 amide bonds. The molecule has 0 aliphatic rings. The quantitative estimate of drug-likeness (QED) is 0.515. The number of nitrogens with zero attached hydrogens (tertiary/aromatic N) is 3. The zero-order valence-electron chi connectivity index (χ0n) is 13.9. The number of aromatic nitrogens is 3. The number of benzene rings is 2. The molecule has 2 aromatic heterocycles. The van der Waals surface area contributed by atoms with Crippen molar-refractivity contribution in [3.05, 3.63) is 42.7 Å². The van der Waals surface area contributed by atoms with Gasteiger partial charge in [-0.25, -0.2) is 9.97 Å². The number of anilines is 2. The summed E-state index contributed by atoms with van der Waals surface area (Å²) < 4.78 is 5.31. The maximum absolute atomic E-state index is 11.3. The minimum Gasteiger partial charge on any atom is -0.424 e. The molecule has 5 N–H and O–H groups in total. The second-order valence-corrected chi connectivity index (χ2v) is 5.96. The molecule has 2 aromatic carbocycles. The molecule has 2 heterocycles. The Labute approximate surface area is 148 Å². The minimum atomic E-state index is -0.550. The number of nitrogen functional groups attached to an aromatic ring is 1. The third-order valence-corrected chi connectivity index (χ3v) is 4.15. The monoisotopic (exact) mass is 348 g/mol. The van der Waals surface area contributed by atoms with Gasteiger partial charge >= 0.3 is 0 Å². The standard InChI is InChI=1S/C18H16N6O2/c1-9(16(19)25)23-17-12-6-10(2-4-13(12)21-8-22-17)11-3-5-15-14(7-11)24-18(20)26-15/h2-9H,1H3,(H2,19,25)(H2,20,24)(H,21,22,23). The van der Waals surface area contributed by atoms with Crippen LogP contribution in [0.2, 0.25) is 0 Å². The molecule has 130 valence electrons. The van der Waals surface area contributed by atoms with Crippen LogP contribution >= 0.6 is 0 Å². The minimum absolute atomic E-state index is 0.135. The van der Waals surface area contributed by atoms with Crippen molar-refractivity contribution in [3.8, 4) is 11.1 Å². The van der Waals surface area contributed by atoms with Crippen LogP contribution in [0.1, 0.15) is 6.92 Å². The number of primary amides is 1. The molecule has 0 saturated carbocycles. The molecule has 0 aliphatic carbocycles. The number of nitrogens with one attached hydrogen (secondary N) is 1. The zero-order valence-corrected chi connectivity index (χ0v) is 13.9. The van der Waals surface area contributed by atoms with Crippen molar-refractivity contribution in [3.63, 3.8) is 0 Å². The third kappa shape index (κ3) is 2.77. The van der Waals surface area contributed by atoms with Crippen LogP contribution in [0.25, 0.3) is 33.1 Å². The van der Waals surface area contributed by atoms with Crippen molar-refractivity contribution in [1.29, 1.82) is 0 Å². The second-order valence-electron chi connectivity index (χ2n) is 5.96. The van der Waals surface area contributed by atoms with Gasteiger partial charge < -0.3 is 21.2 Å². The summed E-state index contributed by atoms with van der Waals surface area (Å²) in [5.41, 5.74) is 14.9. The Morgan fingerprint density at radius 3 is 2.69 bits per heavy atom. The molecule has 1 atom stereocenters. The topological polar surface area (TPSA) is 133 Å². The summed E-state index contributed by atoms with van der Waals surface area (Å²) in [5.74, 6) is 0.0943. The maximum atomic E-state index is 11.3. The van der Waals surface area contributed by atoms with E-state index < -0.39 is 11.9 Å². The molecular weight excluding hydrogens is 332 g/mol. The Bertz CT molecular complexity index is 1140. The fraction of sp³-hybridized carbons (Fsp3) is 0.111. The molecule has 0 aliphatic heterocycles. The van der Waals surface area contributed by atoms with Crippen molar-refractivity contribution in [2.24, 2.45) is 5.73 Å². The molecule has 0 spiro atoms. The fourth-order valence-electron chi connectivity index (χ4n) is 2.75. The number of carbonyl (C=O) groups is 1. The van der Waals surface area contributed by atoms with Crippen LogP contribution in [-0.4, -0.2) is 26.9 Å². The second kappa shape index (κ2) is 5.99. The number of fused-ring (bicyclic) bond motifs is 2. The molecule has 8 nitrogen and oxygen atoms in total. The van der Waals surface area contributed by atoms with E-state index >= 15 is 0 Å². The summed E-state index contributed by atoms with van der Waals surface area (Å²) in [6.07, 6.45) is 1.45. The van der Waals surface area contributed by atoms with E-state index in [0.29, 0.717) is 16.9 Å². The van der Waals surface area contributed by atoms with E-state index in [1.165, 1.54) is 6.33 Å². The molecule has 0 fully saturated rings. The van der Waals surface area contributed by atoms with Crippen LogP contribution in [0.5, 0.6) is 0 Å². The van der Waals surface area contributed by atoms with Crippen molar-refractivity contribution in [1.82, 2.24) is 15.0 Å². The summed E-state index contributed by atoms with van der Waals surface area (Å²) in [6, 6.07) is 11.1. The van der Waals surface area contributed by atoms with Crippen LogP contribution in [0.3, 0.4) is 0 Å². The first kappa shape index (κ1) is 15.8. The van der Waals surface area contributed by atoms with Crippen molar-refractivity contribution in [2.75, 3.05) is 11.1 Å². The Kier molecular flexibility index (Phi) is 3.65. The summed E-state index contributed by atoms with van der Waals surface area (Å²) in [5, 5.41) is 3.82. The van der Waals surface area contributed by atoms with E-state index in [9.17, 15) is 4.79 Å². The summed E-state index contributed by atoms with van der Waals surface area (Å²) in [7, 11) is 0. The van der Waals surface area contributed by atoms with E-state index in [1.54, 1.807) is 6.92 Å². The lowest BCUT2D eigenvalue weighted by molar-refractivity contribution is -0.118. The van der Waals surface area contributed by atoms with Crippen LogP contribution in [0, 0.1) is 0 Å².